The van der Waals surface area contributed by atoms with E-state index < -0.39 is 5.82 Å². The minimum absolute atomic E-state index is 0.283. The lowest BCUT2D eigenvalue weighted by Gasteiger charge is -1.97. The lowest BCUT2D eigenvalue weighted by Crippen LogP contribution is -1.85. The first-order valence-corrected chi connectivity index (χ1v) is 3.49. The fraction of sp³-hybridized carbons (Fsp3) is 0.250. The Labute approximate surface area is 63.7 Å². The molecule has 11 heavy (non-hydrogen) atoms. The molecule has 1 atom stereocenters. The summed E-state index contributed by atoms with van der Waals surface area (Å²) in [6.45, 7) is 0.907. The van der Waals surface area contributed by atoms with Crippen LogP contribution in [0.4, 0.5) is 4.39 Å². The van der Waals surface area contributed by atoms with Gasteiger partial charge in [0.15, 0.2) is 11.6 Å². The van der Waals surface area contributed by atoms with E-state index in [4.69, 9.17) is 5.11 Å². The third kappa shape index (κ3) is 1.19. The molecule has 2 N–H and O–H groups in total. The van der Waals surface area contributed by atoms with Gasteiger partial charge in [-0.05, 0) is 17.7 Å². The number of phenolic OH excluding ortho intramolecular Hbond substituents is 1. The van der Waals surface area contributed by atoms with Crippen molar-refractivity contribution in [2.45, 2.75) is 6.04 Å². The van der Waals surface area contributed by atoms with Crippen LogP contribution in [0.2, 0.25) is 0 Å². The number of phenols is 1. The maximum atomic E-state index is 12.7. The lowest BCUT2D eigenvalue weighted by atomic mass is 10.1. The monoisotopic (exact) mass is 153 g/mol. The fourth-order valence-corrected chi connectivity index (χ4v) is 1.03. The van der Waals surface area contributed by atoms with Gasteiger partial charge in [0.25, 0.3) is 0 Å². The number of hydrogen-bond acceptors (Lipinski definition) is 2. The second-order valence-electron chi connectivity index (χ2n) is 2.67. The van der Waals surface area contributed by atoms with Gasteiger partial charge >= 0.3 is 0 Å². The molecule has 0 radical (unpaired) electrons. The van der Waals surface area contributed by atoms with Crippen molar-refractivity contribution in [3.63, 3.8) is 0 Å². The molecule has 0 saturated carbocycles. The van der Waals surface area contributed by atoms with Crippen LogP contribution in [0.1, 0.15) is 11.6 Å². The topological polar surface area (TPSA) is 42.2 Å². The van der Waals surface area contributed by atoms with E-state index in [1.807, 2.05) is 0 Å². The second kappa shape index (κ2) is 2.20. The average Bonchev–Trinajstić information content (AvgIpc) is 2.77. The highest BCUT2D eigenvalue weighted by atomic mass is 19.1. The molecule has 2 rings (SSSR count). The van der Waals surface area contributed by atoms with E-state index in [2.05, 4.69) is 5.32 Å². The van der Waals surface area contributed by atoms with Gasteiger partial charge in [-0.25, -0.2) is 4.39 Å². The Bertz CT molecular complexity index is 283. The van der Waals surface area contributed by atoms with Crippen LogP contribution >= 0.6 is 0 Å². The van der Waals surface area contributed by atoms with Crippen LogP contribution in [-0.2, 0) is 0 Å². The van der Waals surface area contributed by atoms with Gasteiger partial charge in [-0.15, -0.1) is 0 Å². The molecule has 3 heteroatoms. The first-order valence-electron chi connectivity index (χ1n) is 3.49. The predicted octanol–water partition coefficient (Wildman–Crippen LogP) is 1.18. The Morgan fingerprint density at radius 3 is 2.82 bits per heavy atom. The van der Waals surface area contributed by atoms with Crippen LogP contribution in [0.25, 0.3) is 0 Å². The van der Waals surface area contributed by atoms with Gasteiger partial charge in [-0.1, -0.05) is 6.07 Å². The number of nitrogens with one attached hydrogen (secondary N) is 1. The van der Waals surface area contributed by atoms with Gasteiger partial charge in [-0.3, -0.25) is 0 Å². The molecule has 1 aliphatic heterocycles. The summed E-state index contributed by atoms with van der Waals surface area (Å²) in [7, 11) is 0. The summed E-state index contributed by atoms with van der Waals surface area (Å²) in [5.74, 6) is -0.828. The zero-order valence-corrected chi connectivity index (χ0v) is 5.84. The molecular weight excluding hydrogens is 145 g/mol. The van der Waals surface area contributed by atoms with Crippen molar-refractivity contribution in [1.82, 2.24) is 5.32 Å². The summed E-state index contributed by atoms with van der Waals surface area (Å²) in [6.07, 6.45) is 0. The minimum atomic E-state index is -0.545. The third-order valence-electron chi connectivity index (χ3n) is 1.78. The summed E-state index contributed by atoms with van der Waals surface area (Å²) in [5.41, 5.74) is 0.903. The molecule has 1 fully saturated rings. The highest BCUT2D eigenvalue weighted by molar-refractivity contribution is 5.31. The molecule has 0 aliphatic carbocycles. The van der Waals surface area contributed by atoms with Gasteiger partial charge in [0.1, 0.15) is 0 Å². The van der Waals surface area contributed by atoms with E-state index in [0.717, 1.165) is 12.1 Å². The van der Waals surface area contributed by atoms with Crippen molar-refractivity contribution >= 4 is 0 Å². The minimum Gasteiger partial charge on any atom is -0.505 e. The van der Waals surface area contributed by atoms with Gasteiger partial charge < -0.3 is 10.4 Å². The number of benzene rings is 1. The maximum absolute atomic E-state index is 12.7. The Hall–Kier alpha value is -1.09. The Balaban J connectivity index is 2.36. The molecule has 1 aliphatic rings. The highest BCUT2D eigenvalue weighted by Gasteiger charge is 2.22. The molecule has 0 unspecified atom stereocenters. The van der Waals surface area contributed by atoms with Gasteiger partial charge in [0, 0.05) is 12.6 Å². The first-order chi connectivity index (χ1) is 5.27. The molecular formula is C8H8FNO. The Morgan fingerprint density at radius 1 is 1.55 bits per heavy atom. The van der Waals surface area contributed by atoms with E-state index in [1.165, 1.54) is 12.1 Å². The molecule has 58 valence electrons. The van der Waals surface area contributed by atoms with E-state index in [1.54, 1.807) is 6.07 Å². The van der Waals surface area contributed by atoms with Crippen molar-refractivity contribution in [2.75, 3.05) is 6.54 Å². The largest absolute Gasteiger partial charge is 0.505 e. The number of hydrogen-bond donors (Lipinski definition) is 2. The first kappa shape index (κ1) is 6.61. The maximum Gasteiger partial charge on any atom is 0.165 e. The molecule has 2 nitrogen and oxygen atoms in total. The van der Waals surface area contributed by atoms with E-state index >= 15 is 0 Å². The molecule has 0 amide bonds. The van der Waals surface area contributed by atoms with Crippen LogP contribution in [0.15, 0.2) is 18.2 Å². The van der Waals surface area contributed by atoms with Crippen molar-refractivity contribution in [3.8, 4) is 5.75 Å². The van der Waals surface area contributed by atoms with Crippen LogP contribution in [-0.4, -0.2) is 11.7 Å². The third-order valence-corrected chi connectivity index (χ3v) is 1.78. The van der Waals surface area contributed by atoms with Crippen molar-refractivity contribution in [1.29, 1.82) is 0 Å². The van der Waals surface area contributed by atoms with E-state index in [9.17, 15) is 4.39 Å². The Kier molecular flexibility index (Phi) is 1.32. The van der Waals surface area contributed by atoms with Crippen molar-refractivity contribution < 1.29 is 9.50 Å². The molecule has 1 heterocycles. The van der Waals surface area contributed by atoms with Gasteiger partial charge in [0.05, 0.1) is 0 Å². The average molecular weight is 153 g/mol. The number of halogens is 1. The lowest BCUT2D eigenvalue weighted by molar-refractivity contribution is 0.432. The summed E-state index contributed by atoms with van der Waals surface area (Å²) in [4.78, 5) is 0. The Morgan fingerprint density at radius 2 is 2.27 bits per heavy atom. The zero-order chi connectivity index (χ0) is 7.84. The summed E-state index contributed by atoms with van der Waals surface area (Å²) in [6, 6.07) is 4.76. The van der Waals surface area contributed by atoms with Crippen LogP contribution < -0.4 is 5.32 Å². The van der Waals surface area contributed by atoms with Gasteiger partial charge in [-0.2, -0.15) is 0 Å². The van der Waals surface area contributed by atoms with Crippen LogP contribution in [0.3, 0.4) is 0 Å². The normalized spacial score (nSPS) is 21.7. The highest BCUT2D eigenvalue weighted by Crippen LogP contribution is 2.25. The quantitative estimate of drug-likeness (QED) is 0.595. The number of rotatable bonds is 1. The van der Waals surface area contributed by atoms with Crippen molar-refractivity contribution in [3.05, 3.63) is 29.6 Å². The van der Waals surface area contributed by atoms with E-state index in [0.29, 0.717) is 6.04 Å². The zero-order valence-electron chi connectivity index (χ0n) is 5.84. The standard InChI is InChI=1S/C8H8FNO/c9-6-3-5(7-4-10-7)1-2-8(6)11/h1-3,7,10-11H,4H2/t7-/m1/s1. The molecule has 0 bridgehead atoms. The summed E-state index contributed by atoms with van der Waals surface area (Å²) < 4.78 is 12.7. The summed E-state index contributed by atoms with van der Waals surface area (Å²) >= 11 is 0. The van der Waals surface area contributed by atoms with Crippen molar-refractivity contribution in [2.24, 2.45) is 0 Å². The smallest absolute Gasteiger partial charge is 0.165 e. The van der Waals surface area contributed by atoms with E-state index in [-0.39, 0.29) is 5.75 Å². The van der Waals surface area contributed by atoms with Crippen LogP contribution in [0, 0.1) is 5.82 Å². The van der Waals surface area contributed by atoms with Gasteiger partial charge in [0.2, 0.25) is 0 Å². The molecule has 1 aromatic carbocycles. The number of aromatic hydroxyl groups is 1. The predicted molar refractivity (Wildman–Crippen MR) is 38.8 cm³/mol. The molecule has 1 saturated heterocycles. The molecule has 0 aromatic heterocycles. The van der Waals surface area contributed by atoms with Crippen LogP contribution in [0.5, 0.6) is 5.75 Å². The summed E-state index contributed by atoms with van der Waals surface area (Å²) in [5, 5.41) is 11.9. The SMILES string of the molecule is Oc1ccc([C@H]2CN2)cc1F. The second-order valence-corrected chi connectivity index (χ2v) is 2.67. The molecule has 0 spiro atoms. The fourth-order valence-electron chi connectivity index (χ4n) is 1.03. The molecule has 1 aromatic rings.